The summed E-state index contributed by atoms with van der Waals surface area (Å²) in [6.45, 7) is 1.03. The average Bonchev–Trinajstić information content (AvgIpc) is 2.41. The van der Waals surface area contributed by atoms with Gasteiger partial charge in [-0.2, -0.15) is 0 Å². The fraction of sp³-hybridized carbons (Fsp3) is 0.250. The number of hydrogen-bond acceptors (Lipinski definition) is 2. The van der Waals surface area contributed by atoms with Crippen molar-refractivity contribution < 1.29 is 9.64 Å². The molecule has 2 aromatic carbocycles. The second kappa shape index (κ2) is 6.64. The van der Waals surface area contributed by atoms with Gasteiger partial charge < -0.3 is 9.64 Å². The second-order valence-corrected chi connectivity index (χ2v) is 5.83. The van der Waals surface area contributed by atoms with Gasteiger partial charge in [-0.3, -0.25) is 0 Å². The normalized spacial score (nSPS) is 10.7. The number of nitrogens with one attached hydrogen (secondary N) is 1. The van der Waals surface area contributed by atoms with Gasteiger partial charge in [-0.25, -0.2) is 0 Å². The summed E-state index contributed by atoms with van der Waals surface area (Å²) in [5.41, 5.74) is 1.37. The molecule has 1 N–H and O–H groups in total. The highest BCUT2D eigenvalue weighted by molar-refractivity contribution is 7.99. The molecule has 0 spiro atoms. The van der Waals surface area contributed by atoms with Crippen LogP contribution in [0.2, 0.25) is 0 Å². The fourth-order valence-electron chi connectivity index (χ4n) is 1.95. The maximum absolute atomic E-state index is 5.41. The number of ether oxygens (including phenoxy) is 1. The van der Waals surface area contributed by atoms with Gasteiger partial charge in [-0.15, -0.1) is 0 Å². The van der Waals surface area contributed by atoms with Crippen LogP contribution >= 0.6 is 11.8 Å². The third-order valence-corrected chi connectivity index (χ3v) is 3.98. The third kappa shape index (κ3) is 3.75. The van der Waals surface area contributed by atoms with E-state index in [4.69, 9.17) is 4.74 Å². The van der Waals surface area contributed by atoms with Gasteiger partial charge in [0.05, 0.1) is 26.1 Å². The monoisotopic (exact) mass is 274 g/mol. The van der Waals surface area contributed by atoms with Crippen LogP contribution in [0, 0.1) is 0 Å². The van der Waals surface area contributed by atoms with Gasteiger partial charge in [0.25, 0.3) is 0 Å². The number of hydrogen-bond donors (Lipinski definition) is 1. The number of benzene rings is 2. The molecule has 0 aliphatic heterocycles. The molecule has 100 valence electrons. The van der Waals surface area contributed by atoms with E-state index in [1.807, 2.05) is 18.2 Å². The van der Waals surface area contributed by atoms with Gasteiger partial charge in [0.2, 0.25) is 0 Å². The molecule has 2 nitrogen and oxygen atoms in total. The van der Waals surface area contributed by atoms with Crippen LogP contribution in [-0.2, 0) is 6.54 Å². The molecule has 0 fully saturated rings. The summed E-state index contributed by atoms with van der Waals surface area (Å²) in [6, 6.07) is 16.7. The Labute approximate surface area is 119 Å². The van der Waals surface area contributed by atoms with Crippen LogP contribution in [0.25, 0.3) is 0 Å². The highest BCUT2D eigenvalue weighted by Crippen LogP contribution is 2.36. The molecule has 3 heteroatoms. The molecule has 0 bridgehead atoms. The minimum Gasteiger partial charge on any atom is -0.496 e. The van der Waals surface area contributed by atoms with E-state index < -0.39 is 0 Å². The summed E-state index contributed by atoms with van der Waals surface area (Å²) in [4.78, 5) is 3.88. The number of quaternary nitrogens is 1. The minimum atomic E-state index is 0.930. The fourth-order valence-corrected chi connectivity index (χ4v) is 3.01. The minimum absolute atomic E-state index is 0.930. The van der Waals surface area contributed by atoms with Gasteiger partial charge in [0, 0.05) is 10.5 Å². The Morgan fingerprint density at radius 3 is 2.26 bits per heavy atom. The molecule has 2 aromatic rings. The van der Waals surface area contributed by atoms with Crippen LogP contribution in [0.15, 0.2) is 58.3 Å². The van der Waals surface area contributed by atoms with Gasteiger partial charge in [-0.1, -0.05) is 42.1 Å². The first kappa shape index (κ1) is 14.0. The van der Waals surface area contributed by atoms with E-state index in [0.717, 1.165) is 17.2 Å². The molecule has 0 unspecified atom stereocenters. The maximum Gasteiger partial charge on any atom is 0.132 e. The van der Waals surface area contributed by atoms with E-state index in [-0.39, 0.29) is 0 Å². The Bertz CT molecular complexity index is 540. The Morgan fingerprint density at radius 2 is 1.58 bits per heavy atom. The maximum atomic E-state index is 5.41. The summed E-state index contributed by atoms with van der Waals surface area (Å²) >= 11 is 1.77. The molecule has 0 saturated heterocycles. The second-order valence-electron chi connectivity index (χ2n) is 4.74. The van der Waals surface area contributed by atoms with Crippen molar-refractivity contribution in [3.63, 3.8) is 0 Å². The SMILES string of the molecule is COc1ccccc1Sc1ccccc1C[NH+](C)C. The van der Waals surface area contributed by atoms with Crippen LogP contribution < -0.4 is 9.64 Å². The van der Waals surface area contributed by atoms with Crippen molar-refractivity contribution in [2.24, 2.45) is 0 Å². The van der Waals surface area contributed by atoms with Crippen LogP contribution in [0.5, 0.6) is 5.75 Å². The molecule has 0 saturated carbocycles. The molecule has 0 atom stereocenters. The van der Waals surface area contributed by atoms with Crippen molar-refractivity contribution >= 4 is 11.8 Å². The van der Waals surface area contributed by atoms with Crippen LogP contribution in [0.4, 0.5) is 0 Å². The molecule has 19 heavy (non-hydrogen) atoms. The molecular weight excluding hydrogens is 254 g/mol. The van der Waals surface area contributed by atoms with E-state index in [1.165, 1.54) is 15.4 Å². The lowest BCUT2D eigenvalue weighted by Crippen LogP contribution is -3.04. The molecule has 0 radical (unpaired) electrons. The van der Waals surface area contributed by atoms with Crippen molar-refractivity contribution in [2.45, 2.75) is 16.3 Å². The molecular formula is C16H20NOS+. The van der Waals surface area contributed by atoms with E-state index in [2.05, 4.69) is 44.4 Å². The molecule has 0 aromatic heterocycles. The number of rotatable bonds is 5. The molecule has 0 heterocycles. The lowest BCUT2D eigenvalue weighted by Gasteiger charge is -2.13. The highest BCUT2D eigenvalue weighted by atomic mass is 32.2. The summed E-state index contributed by atoms with van der Waals surface area (Å²) < 4.78 is 5.41. The standard InChI is InChI=1S/C16H19NOS/c1-17(2)12-13-8-4-6-10-15(13)19-16-11-7-5-9-14(16)18-3/h4-11H,12H2,1-3H3/p+1. The van der Waals surface area contributed by atoms with Gasteiger partial charge >= 0.3 is 0 Å². The Hall–Kier alpha value is -1.45. The lowest BCUT2D eigenvalue weighted by atomic mass is 10.2. The first-order chi connectivity index (χ1) is 9.20. The highest BCUT2D eigenvalue weighted by Gasteiger charge is 2.09. The zero-order valence-electron chi connectivity index (χ0n) is 11.6. The largest absolute Gasteiger partial charge is 0.496 e. The van der Waals surface area contributed by atoms with Crippen molar-refractivity contribution in [1.82, 2.24) is 0 Å². The van der Waals surface area contributed by atoms with Crippen molar-refractivity contribution in [1.29, 1.82) is 0 Å². The zero-order valence-corrected chi connectivity index (χ0v) is 12.5. The Balaban J connectivity index is 2.27. The number of methoxy groups -OCH3 is 1. The van der Waals surface area contributed by atoms with Gasteiger partial charge in [0.15, 0.2) is 0 Å². The Kier molecular flexibility index (Phi) is 4.88. The quantitative estimate of drug-likeness (QED) is 0.900. The smallest absolute Gasteiger partial charge is 0.132 e. The summed E-state index contributed by atoms with van der Waals surface area (Å²) in [5, 5.41) is 0. The van der Waals surface area contributed by atoms with Crippen LogP contribution in [0.1, 0.15) is 5.56 Å². The zero-order chi connectivity index (χ0) is 13.7. The summed E-state index contributed by atoms with van der Waals surface area (Å²) in [5.74, 6) is 0.930. The average molecular weight is 274 g/mol. The molecule has 0 amide bonds. The summed E-state index contributed by atoms with van der Waals surface area (Å²) in [6.07, 6.45) is 0. The summed E-state index contributed by atoms with van der Waals surface area (Å²) in [7, 11) is 6.06. The third-order valence-electron chi connectivity index (χ3n) is 2.81. The molecule has 2 rings (SSSR count). The van der Waals surface area contributed by atoms with Crippen LogP contribution in [-0.4, -0.2) is 21.2 Å². The molecule has 0 aliphatic rings. The van der Waals surface area contributed by atoms with Crippen molar-refractivity contribution in [2.75, 3.05) is 21.2 Å². The van der Waals surface area contributed by atoms with Crippen molar-refractivity contribution in [3.8, 4) is 5.75 Å². The van der Waals surface area contributed by atoms with Crippen molar-refractivity contribution in [3.05, 3.63) is 54.1 Å². The van der Waals surface area contributed by atoms with Gasteiger partial charge in [-0.05, 0) is 18.2 Å². The first-order valence-corrected chi connectivity index (χ1v) is 7.20. The van der Waals surface area contributed by atoms with E-state index in [1.54, 1.807) is 18.9 Å². The predicted molar refractivity (Wildman–Crippen MR) is 80.1 cm³/mol. The predicted octanol–water partition coefficient (Wildman–Crippen LogP) is 2.49. The topological polar surface area (TPSA) is 13.7 Å². The first-order valence-electron chi connectivity index (χ1n) is 6.38. The van der Waals surface area contributed by atoms with Gasteiger partial charge in [0.1, 0.15) is 12.3 Å². The Morgan fingerprint density at radius 1 is 0.947 bits per heavy atom. The lowest BCUT2D eigenvalue weighted by molar-refractivity contribution is -0.872. The van der Waals surface area contributed by atoms with E-state index in [0.29, 0.717) is 0 Å². The molecule has 0 aliphatic carbocycles. The van der Waals surface area contributed by atoms with Crippen LogP contribution in [0.3, 0.4) is 0 Å². The van der Waals surface area contributed by atoms with E-state index >= 15 is 0 Å². The van der Waals surface area contributed by atoms with E-state index in [9.17, 15) is 0 Å². The number of para-hydroxylation sites is 1.